The summed E-state index contributed by atoms with van der Waals surface area (Å²) in [7, 11) is 0. The van der Waals surface area contributed by atoms with Gasteiger partial charge in [-0.15, -0.1) is 0 Å². The standard InChI is InChI=1S/C16H15NO/c1-2-16(18)17-14-9-5-3-7-12(14)11-13-8-4-6-10-15(13)17/h2-3,5,7,9-11H,1,4,6,8H2. The summed E-state index contributed by atoms with van der Waals surface area (Å²) in [5.74, 6) is -0.0544. The summed E-state index contributed by atoms with van der Waals surface area (Å²) in [5.41, 5.74) is 4.38. The van der Waals surface area contributed by atoms with E-state index in [9.17, 15) is 4.79 Å². The first-order valence-electron chi connectivity index (χ1n) is 6.28. The van der Waals surface area contributed by atoms with Crippen LogP contribution in [0.1, 0.15) is 24.8 Å². The fraction of sp³-hybridized carbons (Fsp3) is 0.188. The SMILES string of the molecule is C=CC(=O)N1C2=CCCCC2=Cc2ccccc21. The average Bonchev–Trinajstić information content (AvgIpc) is 2.44. The maximum absolute atomic E-state index is 12.1. The van der Waals surface area contributed by atoms with Crippen molar-refractivity contribution < 1.29 is 4.79 Å². The normalized spacial score (nSPS) is 17.2. The van der Waals surface area contributed by atoms with Gasteiger partial charge in [-0.2, -0.15) is 0 Å². The Bertz CT molecular complexity index is 581. The highest BCUT2D eigenvalue weighted by molar-refractivity contribution is 6.07. The van der Waals surface area contributed by atoms with E-state index in [-0.39, 0.29) is 5.91 Å². The number of amides is 1. The fourth-order valence-electron chi connectivity index (χ4n) is 2.63. The van der Waals surface area contributed by atoms with Crippen LogP contribution in [0.15, 0.2) is 54.3 Å². The summed E-state index contributed by atoms with van der Waals surface area (Å²) >= 11 is 0. The number of para-hydroxylation sites is 1. The molecule has 18 heavy (non-hydrogen) atoms. The molecule has 0 saturated heterocycles. The molecule has 0 saturated carbocycles. The second kappa shape index (κ2) is 4.30. The van der Waals surface area contributed by atoms with Gasteiger partial charge in [0.05, 0.1) is 5.69 Å². The van der Waals surface area contributed by atoms with Crippen molar-refractivity contribution in [3.63, 3.8) is 0 Å². The molecule has 90 valence electrons. The molecule has 0 radical (unpaired) electrons. The molecule has 2 heteroatoms. The second-order valence-corrected chi connectivity index (χ2v) is 4.59. The summed E-state index contributed by atoms with van der Waals surface area (Å²) in [6.45, 7) is 3.61. The van der Waals surface area contributed by atoms with Gasteiger partial charge < -0.3 is 0 Å². The summed E-state index contributed by atoms with van der Waals surface area (Å²) < 4.78 is 0. The number of allylic oxidation sites excluding steroid dienone is 2. The minimum Gasteiger partial charge on any atom is -0.277 e. The molecule has 1 aromatic rings. The number of rotatable bonds is 1. The van der Waals surface area contributed by atoms with Crippen molar-refractivity contribution in [1.29, 1.82) is 0 Å². The molecule has 1 aromatic carbocycles. The van der Waals surface area contributed by atoms with E-state index in [0.717, 1.165) is 36.2 Å². The Morgan fingerprint density at radius 1 is 1.33 bits per heavy atom. The number of carbonyl (C=O) groups excluding carboxylic acids is 1. The third kappa shape index (κ3) is 1.61. The van der Waals surface area contributed by atoms with Gasteiger partial charge in [-0.3, -0.25) is 9.69 Å². The lowest BCUT2D eigenvalue weighted by molar-refractivity contribution is -0.113. The van der Waals surface area contributed by atoms with Crippen LogP contribution in [0.25, 0.3) is 6.08 Å². The number of fused-ring (bicyclic) bond motifs is 2. The van der Waals surface area contributed by atoms with E-state index in [4.69, 9.17) is 0 Å². The van der Waals surface area contributed by atoms with Gasteiger partial charge >= 0.3 is 0 Å². The number of anilines is 1. The van der Waals surface area contributed by atoms with Gasteiger partial charge in [-0.25, -0.2) is 0 Å². The van der Waals surface area contributed by atoms with Crippen molar-refractivity contribution in [3.05, 3.63) is 59.8 Å². The minimum atomic E-state index is -0.0544. The molecule has 3 rings (SSSR count). The first-order chi connectivity index (χ1) is 8.81. The van der Waals surface area contributed by atoms with Gasteiger partial charge in [0, 0.05) is 5.70 Å². The minimum absolute atomic E-state index is 0.0544. The van der Waals surface area contributed by atoms with E-state index in [0.29, 0.717) is 0 Å². The molecule has 0 spiro atoms. The van der Waals surface area contributed by atoms with Gasteiger partial charge in [-0.05, 0) is 48.6 Å². The zero-order chi connectivity index (χ0) is 12.5. The summed E-state index contributed by atoms with van der Waals surface area (Å²) in [4.78, 5) is 13.9. The maximum Gasteiger partial charge on any atom is 0.254 e. The topological polar surface area (TPSA) is 20.3 Å². The molecule has 2 aliphatic rings. The maximum atomic E-state index is 12.1. The van der Waals surface area contributed by atoms with E-state index in [1.54, 1.807) is 4.90 Å². The molecule has 0 atom stereocenters. The molecule has 0 unspecified atom stereocenters. The molecule has 0 bridgehead atoms. The molecular formula is C16H15NO. The van der Waals surface area contributed by atoms with E-state index < -0.39 is 0 Å². The molecule has 1 aliphatic heterocycles. The van der Waals surface area contributed by atoms with Crippen LogP contribution in [-0.2, 0) is 4.79 Å². The third-order valence-corrected chi connectivity index (χ3v) is 3.46. The Morgan fingerprint density at radius 2 is 2.17 bits per heavy atom. The largest absolute Gasteiger partial charge is 0.277 e. The zero-order valence-corrected chi connectivity index (χ0v) is 10.2. The molecule has 0 fully saturated rings. The fourth-order valence-corrected chi connectivity index (χ4v) is 2.63. The Hall–Kier alpha value is -2.09. The lowest BCUT2D eigenvalue weighted by Gasteiger charge is -2.33. The Kier molecular flexibility index (Phi) is 2.63. The predicted molar refractivity (Wildman–Crippen MR) is 74.0 cm³/mol. The first-order valence-corrected chi connectivity index (χ1v) is 6.28. The van der Waals surface area contributed by atoms with Crippen molar-refractivity contribution in [2.75, 3.05) is 4.90 Å². The molecule has 2 nitrogen and oxygen atoms in total. The van der Waals surface area contributed by atoms with Gasteiger partial charge in [0.2, 0.25) is 0 Å². The van der Waals surface area contributed by atoms with Crippen LogP contribution in [0.2, 0.25) is 0 Å². The highest BCUT2D eigenvalue weighted by Crippen LogP contribution is 2.39. The summed E-state index contributed by atoms with van der Waals surface area (Å²) in [6.07, 6.45) is 8.99. The van der Waals surface area contributed by atoms with Crippen LogP contribution < -0.4 is 4.90 Å². The van der Waals surface area contributed by atoms with Crippen LogP contribution in [0.3, 0.4) is 0 Å². The van der Waals surface area contributed by atoms with Crippen molar-refractivity contribution in [1.82, 2.24) is 0 Å². The molecule has 1 aliphatic carbocycles. The molecular weight excluding hydrogens is 222 g/mol. The molecule has 1 heterocycles. The molecule has 0 N–H and O–H groups in total. The van der Waals surface area contributed by atoms with Gasteiger partial charge in [0.25, 0.3) is 5.91 Å². The van der Waals surface area contributed by atoms with Crippen molar-refractivity contribution in [2.24, 2.45) is 0 Å². The van der Waals surface area contributed by atoms with Gasteiger partial charge in [0.1, 0.15) is 0 Å². The predicted octanol–water partition coefficient (Wildman–Crippen LogP) is 3.67. The molecule has 1 amide bonds. The van der Waals surface area contributed by atoms with Crippen LogP contribution in [0.4, 0.5) is 5.69 Å². The average molecular weight is 237 g/mol. The van der Waals surface area contributed by atoms with Crippen LogP contribution in [-0.4, -0.2) is 5.91 Å². The highest BCUT2D eigenvalue weighted by Gasteiger charge is 2.27. The monoisotopic (exact) mass is 237 g/mol. The van der Waals surface area contributed by atoms with Gasteiger partial charge in [-0.1, -0.05) is 30.9 Å². The van der Waals surface area contributed by atoms with Crippen molar-refractivity contribution in [2.45, 2.75) is 19.3 Å². The smallest absolute Gasteiger partial charge is 0.254 e. The Labute approximate surface area is 107 Å². The summed E-state index contributed by atoms with van der Waals surface area (Å²) in [5, 5.41) is 0. The lowest BCUT2D eigenvalue weighted by Crippen LogP contribution is -2.32. The quantitative estimate of drug-likeness (QED) is 0.682. The highest BCUT2D eigenvalue weighted by atomic mass is 16.2. The van der Waals surface area contributed by atoms with E-state index in [1.165, 1.54) is 11.6 Å². The first kappa shape index (κ1) is 11.0. The van der Waals surface area contributed by atoms with E-state index in [1.807, 2.05) is 18.2 Å². The Balaban J connectivity index is 2.21. The second-order valence-electron chi connectivity index (χ2n) is 4.59. The van der Waals surface area contributed by atoms with Crippen molar-refractivity contribution in [3.8, 4) is 0 Å². The van der Waals surface area contributed by atoms with Crippen LogP contribution in [0.5, 0.6) is 0 Å². The van der Waals surface area contributed by atoms with Crippen molar-refractivity contribution >= 4 is 17.7 Å². The zero-order valence-electron chi connectivity index (χ0n) is 10.2. The number of hydrogen-bond acceptors (Lipinski definition) is 1. The number of hydrogen-bond donors (Lipinski definition) is 0. The Morgan fingerprint density at radius 3 is 3.00 bits per heavy atom. The number of benzene rings is 1. The molecule has 0 aromatic heterocycles. The number of carbonyl (C=O) groups is 1. The van der Waals surface area contributed by atoms with Crippen LogP contribution >= 0.6 is 0 Å². The van der Waals surface area contributed by atoms with E-state index >= 15 is 0 Å². The third-order valence-electron chi connectivity index (χ3n) is 3.46. The lowest BCUT2D eigenvalue weighted by atomic mass is 9.91. The number of nitrogens with zero attached hydrogens (tertiary/aromatic N) is 1. The van der Waals surface area contributed by atoms with Gasteiger partial charge in [0.15, 0.2) is 0 Å². The van der Waals surface area contributed by atoms with Crippen LogP contribution in [0, 0.1) is 0 Å². The summed E-state index contributed by atoms with van der Waals surface area (Å²) in [6, 6.07) is 8.00. The van der Waals surface area contributed by atoms with E-state index in [2.05, 4.69) is 24.8 Å².